The van der Waals surface area contributed by atoms with Crippen LogP contribution in [0.25, 0.3) is 0 Å². The zero-order chi connectivity index (χ0) is 27.8. The number of anilines is 2. The second-order valence-corrected chi connectivity index (χ2v) is 12.3. The van der Waals surface area contributed by atoms with Crippen molar-refractivity contribution >= 4 is 67.4 Å². The highest BCUT2D eigenvalue weighted by atomic mass is 32.2. The Morgan fingerprint density at radius 2 is 2.08 bits per heavy atom. The van der Waals surface area contributed by atoms with Crippen LogP contribution >= 0.6 is 23.1 Å². The fourth-order valence-corrected chi connectivity index (χ4v) is 6.64. The molecule has 38 heavy (non-hydrogen) atoms. The number of nitrogen functional groups attached to an aromatic ring is 1. The number of hydrogen-bond acceptors (Lipinski definition) is 11. The van der Waals surface area contributed by atoms with Gasteiger partial charge >= 0.3 is 5.97 Å². The molecule has 0 aliphatic carbocycles. The summed E-state index contributed by atoms with van der Waals surface area (Å²) < 4.78 is 25.7. The van der Waals surface area contributed by atoms with Gasteiger partial charge in [-0.1, -0.05) is 11.2 Å². The van der Waals surface area contributed by atoms with Gasteiger partial charge < -0.3 is 21.0 Å². The van der Waals surface area contributed by atoms with Crippen molar-refractivity contribution < 1.29 is 32.7 Å². The standard InChI is InChI=1S/C22H24N6O7S3/c1-10-4-11(7-13(5-10)27-38(3,33)34)6-12-8-36-20-16(19(30)28(20)17(12)21(31)32)25-18(29)15(26-35-2)14-9-37-22(23)24-14/h4-5,7,9,16,20,27H,6,8H2,1-3H3,(H2,23,24)(H,25,29)(H,31,32)/b26-15-/t16-,20-/m1/s1. The Bertz CT molecular complexity index is 1480. The number of carbonyl (C=O) groups excluding carboxylic acids is 2. The molecule has 0 spiro atoms. The first-order valence-electron chi connectivity index (χ1n) is 11.0. The molecule has 2 aliphatic heterocycles. The topological polar surface area (TPSA) is 193 Å². The van der Waals surface area contributed by atoms with Crippen molar-refractivity contribution in [3.05, 3.63) is 51.7 Å². The minimum absolute atomic E-state index is 0.151. The molecule has 1 aromatic carbocycles. The first-order chi connectivity index (χ1) is 17.9. The van der Waals surface area contributed by atoms with E-state index in [1.54, 1.807) is 19.1 Å². The van der Waals surface area contributed by atoms with Crippen molar-refractivity contribution in [1.29, 1.82) is 0 Å². The van der Waals surface area contributed by atoms with Gasteiger partial charge in [0.1, 0.15) is 29.9 Å². The van der Waals surface area contributed by atoms with Gasteiger partial charge in [0.05, 0.1) is 6.26 Å². The maximum Gasteiger partial charge on any atom is 0.352 e. The number of fused-ring (bicyclic) bond motifs is 1. The molecule has 0 bridgehead atoms. The summed E-state index contributed by atoms with van der Waals surface area (Å²) in [5.41, 5.74) is 7.83. The maximum atomic E-state index is 13.0. The summed E-state index contributed by atoms with van der Waals surface area (Å²) in [5, 5.41) is 17.4. The molecule has 2 atom stereocenters. The van der Waals surface area contributed by atoms with E-state index in [9.17, 15) is 27.9 Å². The number of aromatic nitrogens is 1. The van der Waals surface area contributed by atoms with Crippen LogP contribution < -0.4 is 15.8 Å². The van der Waals surface area contributed by atoms with Gasteiger partial charge in [0, 0.05) is 16.8 Å². The van der Waals surface area contributed by atoms with Crippen LogP contribution in [0, 0.1) is 6.92 Å². The number of carboxylic acid groups (broad SMARTS) is 1. The number of nitrogens with zero attached hydrogens (tertiary/aromatic N) is 3. The zero-order valence-electron chi connectivity index (χ0n) is 20.4. The molecule has 0 saturated carbocycles. The van der Waals surface area contributed by atoms with Gasteiger partial charge in [-0.3, -0.25) is 19.2 Å². The number of hydrogen-bond donors (Lipinski definition) is 4. The molecule has 0 radical (unpaired) electrons. The lowest BCUT2D eigenvalue weighted by atomic mass is 9.97. The first kappa shape index (κ1) is 27.4. The lowest BCUT2D eigenvalue weighted by Gasteiger charge is -2.49. The van der Waals surface area contributed by atoms with Gasteiger partial charge in [0.25, 0.3) is 11.8 Å². The average molecular weight is 581 g/mol. The number of carbonyl (C=O) groups is 3. The highest BCUT2D eigenvalue weighted by Gasteiger charge is 2.54. The number of carboxylic acids is 1. The molecule has 2 aromatic rings. The molecule has 2 amide bonds. The van der Waals surface area contributed by atoms with Crippen LogP contribution in [0.5, 0.6) is 0 Å². The number of thioether (sulfide) groups is 1. The quantitative estimate of drug-likeness (QED) is 0.187. The molecule has 16 heteroatoms. The Labute approximate surface area is 226 Å². The number of sulfonamides is 1. The molecule has 202 valence electrons. The molecule has 5 N–H and O–H groups in total. The lowest BCUT2D eigenvalue weighted by Crippen LogP contribution is -2.71. The molecular weight excluding hydrogens is 556 g/mol. The van der Waals surface area contributed by atoms with Crippen LogP contribution in [0.15, 0.2) is 40.0 Å². The summed E-state index contributed by atoms with van der Waals surface area (Å²) in [4.78, 5) is 48.1. The molecule has 0 unspecified atom stereocenters. The largest absolute Gasteiger partial charge is 0.477 e. The molecular formula is C22H24N6O7S3. The zero-order valence-corrected chi connectivity index (χ0v) is 22.9. The van der Waals surface area contributed by atoms with E-state index >= 15 is 0 Å². The summed E-state index contributed by atoms with van der Waals surface area (Å²) in [6.45, 7) is 1.79. The van der Waals surface area contributed by atoms with Gasteiger partial charge in [-0.2, -0.15) is 0 Å². The van der Waals surface area contributed by atoms with Crippen LogP contribution in [-0.4, -0.2) is 77.4 Å². The van der Waals surface area contributed by atoms with Crippen LogP contribution in [-0.2, 0) is 35.7 Å². The van der Waals surface area contributed by atoms with E-state index in [0.717, 1.165) is 28.1 Å². The van der Waals surface area contributed by atoms with Crippen molar-refractivity contribution in [1.82, 2.24) is 15.2 Å². The third kappa shape index (κ3) is 5.76. The van der Waals surface area contributed by atoms with Crippen molar-refractivity contribution in [3.63, 3.8) is 0 Å². The number of rotatable bonds is 9. The molecule has 1 fully saturated rings. The third-order valence-electron chi connectivity index (χ3n) is 5.56. The van der Waals surface area contributed by atoms with Crippen LogP contribution in [0.2, 0.25) is 0 Å². The summed E-state index contributed by atoms with van der Waals surface area (Å²) >= 11 is 2.42. The Morgan fingerprint density at radius 1 is 1.34 bits per heavy atom. The summed E-state index contributed by atoms with van der Waals surface area (Å²) in [6, 6.07) is 4.13. The second-order valence-electron chi connectivity index (χ2n) is 8.57. The normalized spacial score (nSPS) is 19.5. The summed E-state index contributed by atoms with van der Waals surface area (Å²) in [5.74, 6) is -2.28. The van der Waals surface area contributed by atoms with Gasteiger partial charge in [-0.25, -0.2) is 18.2 Å². The van der Waals surface area contributed by atoms with Crippen molar-refractivity contribution in [3.8, 4) is 0 Å². The van der Waals surface area contributed by atoms with Crippen LogP contribution in [0.1, 0.15) is 16.8 Å². The predicted octanol–water partition coefficient (Wildman–Crippen LogP) is 0.737. The Hall–Kier alpha value is -3.63. The Balaban J connectivity index is 1.55. The number of nitrogens with two attached hydrogens (primary N) is 1. The van der Waals surface area contributed by atoms with E-state index in [0.29, 0.717) is 16.8 Å². The monoisotopic (exact) mass is 580 g/mol. The average Bonchev–Trinajstić information content (AvgIpc) is 3.24. The highest BCUT2D eigenvalue weighted by molar-refractivity contribution is 8.00. The van der Waals surface area contributed by atoms with E-state index in [1.165, 1.54) is 24.3 Å². The van der Waals surface area contributed by atoms with E-state index in [1.807, 2.05) is 6.07 Å². The molecule has 1 saturated heterocycles. The summed E-state index contributed by atoms with van der Waals surface area (Å²) in [7, 11) is -2.24. The molecule has 3 heterocycles. The predicted molar refractivity (Wildman–Crippen MR) is 143 cm³/mol. The molecule has 1 aromatic heterocycles. The number of nitrogens with one attached hydrogen (secondary N) is 2. The first-order valence-corrected chi connectivity index (χ1v) is 14.8. The third-order valence-corrected chi connectivity index (χ3v) is 8.18. The van der Waals surface area contributed by atoms with E-state index in [4.69, 9.17) is 10.6 Å². The van der Waals surface area contributed by atoms with Crippen molar-refractivity contribution in [2.24, 2.45) is 5.16 Å². The van der Waals surface area contributed by atoms with E-state index in [-0.39, 0.29) is 34.4 Å². The van der Waals surface area contributed by atoms with Crippen LogP contribution in [0.3, 0.4) is 0 Å². The van der Waals surface area contributed by atoms with Gasteiger partial charge in [0.2, 0.25) is 10.0 Å². The van der Waals surface area contributed by atoms with Crippen molar-refractivity contribution in [2.75, 3.05) is 29.6 Å². The SMILES string of the molecule is CO/N=C(\C(=O)N[C@@H]1C(=O)N2C(C(=O)O)=C(Cc3cc(C)cc(NS(C)(=O)=O)c3)CS[C@H]12)c1csc(N)n1. The van der Waals surface area contributed by atoms with Crippen LogP contribution in [0.4, 0.5) is 10.8 Å². The number of aliphatic carboxylic acids is 1. The fraction of sp³-hybridized carbons (Fsp3) is 0.318. The minimum Gasteiger partial charge on any atom is -0.477 e. The summed E-state index contributed by atoms with van der Waals surface area (Å²) in [6.07, 6.45) is 1.23. The molecule has 2 aliphatic rings. The second kappa shape index (κ2) is 10.6. The van der Waals surface area contributed by atoms with E-state index < -0.39 is 39.2 Å². The van der Waals surface area contributed by atoms with E-state index in [2.05, 4.69) is 20.2 Å². The van der Waals surface area contributed by atoms with Crippen molar-refractivity contribution in [2.45, 2.75) is 24.8 Å². The molecule has 4 rings (SSSR count). The van der Waals surface area contributed by atoms with Gasteiger partial charge in [-0.05, 0) is 42.2 Å². The maximum absolute atomic E-state index is 13.0. The number of aryl methyl sites for hydroxylation is 1. The van der Waals surface area contributed by atoms with Gasteiger partial charge in [-0.15, -0.1) is 23.1 Å². The Kier molecular flexibility index (Phi) is 7.66. The number of amides is 2. The molecule has 13 nitrogen and oxygen atoms in total. The highest BCUT2D eigenvalue weighted by Crippen LogP contribution is 2.41. The number of oxime groups is 1. The van der Waals surface area contributed by atoms with Gasteiger partial charge in [0.15, 0.2) is 10.8 Å². The smallest absolute Gasteiger partial charge is 0.352 e. The number of thiazole rings is 1. The lowest BCUT2D eigenvalue weighted by molar-refractivity contribution is -0.150. The Morgan fingerprint density at radius 3 is 2.68 bits per heavy atom. The minimum atomic E-state index is -3.50. The number of benzene rings is 1. The number of β-lactam (4-membered cyclic amide) rings is 1. The fourth-order valence-electron chi connectivity index (χ4n) is 4.20.